The molecular weight excluding hydrogens is 388 g/mol. The third kappa shape index (κ3) is 4.46. The Bertz CT molecular complexity index is 1020. The van der Waals surface area contributed by atoms with Crippen LogP contribution in [0.25, 0.3) is 0 Å². The van der Waals surface area contributed by atoms with Crippen LogP contribution >= 0.6 is 0 Å². The Balaban J connectivity index is 1.37. The molecule has 1 aliphatic carbocycles. The summed E-state index contributed by atoms with van der Waals surface area (Å²) in [6, 6.07) is 10.9. The number of fused-ring (bicyclic) bond motifs is 1. The Morgan fingerprint density at radius 2 is 1.86 bits per heavy atom. The quantitative estimate of drug-likeness (QED) is 0.707. The molecule has 2 aliphatic rings. The number of amides is 1. The molecule has 2 aromatic carbocycles. The van der Waals surface area contributed by atoms with E-state index in [9.17, 15) is 13.2 Å². The minimum atomic E-state index is -3.63. The van der Waals surface area contributed by atoms with Crippen molar-refractivity contribution < 1.29 is 17.9 Å². The first-order valence-electron chi connectivity index (χ1n) is 9.98. The van der Waals surface area contributed by atoms with Gasteiger partial charge in [0.25, 0.3) is 0 Å². The summed E-state index contributed by atoms with van der Waals surface area (Å²) in [7, 11) is -3.63. The van der Waals surface area contributed by atoms with Crippen LogP contribution in [0, 0.1) is 19.8 Å². The molecule has 2 aromatic rings. The van der Waals surface area contributed by atoms with E-state index in [-0.39, 0.29) is 29.9 Å². The Kier molecular flexibility index (Phi) is 5.36. The molecule has 154 valence electrons. The van der Waals surface area contributed by atoms with Crippen molar-refractivity contribution in [3.05, 3.63) is 53.1 Å². The minimum Gasteiger partial charge on any atom is -0.492 e. The second-order valence-corrected chi connectivity index (χ2v) is 9.64. The van der Waals surface area contributed by atoms with Crippen LogP contribution in [0.3, 0.4) is 0 Å². The first kappa shape index (κ1) is 19.9. The normalized spacial score (nSPS) is 16.0. The molecule has 0 saturated heterocycles. The highest BCUT2D eigenvalue weighted by molar-refractivity contribution is 7.89. The van der Waals surface area contributed by atoms with Crippen molar-refractivity contribution in [2.75, 3.05) is 24.6 Å². The smallest absolute Gasteiger partial charge is 0.240 e. The van der Waals surface area contributed by atoms with Gasteiger partial charge in [-0.3, -0.25) is 4.79 Å². The summed E-state index contributed by atoms with van der Waals surface area (Å²) in [6.07, 6.45) is 2.61. The number of hydrogen-bond acceptors (Lipinski definition) is 4. The Morgan fingerprint density at radius 3 is 2.55 bits per heavy atom. The lowest BCUT2D eigenvalue weighted by Gasteiger charge is -2.17. The van der Waals surface area contributed by atoms with Gasteiger partial charge in [0.1, 0.15) is 12.4 Å². The SMILES string of the molecule is Cc1cc(C)cc(OCCNS(=O)(=O)c2ccc3c(c2)CCN3C(=O)C2CC2)c1. The zero-order valence-electron chi connectivity index (χ0n) is 16.8. The maximum absolute atomic E-state index is 12.6. The largest absolute Gasteiger partial charge is 0.492 e. The van der Waals surface area contributed by atoms with Crippen molar-refractivity contribution in [3.8, 4) is 5.75 Å². The van der Waals surface area contributed by atoms with E-state index in [1.54, 1.807) is 23.1 Å². The average Bonchev–Trinajstić information content (AvgIpc) is 3.43. The summed E-state index contributed by atoms with van der Waals surface area (Å²) in [5, 5.41) is 0. The number of aryl methyl sites for hydroxylation is 2. The third-order valence-electron chi connectivity index (χ3n) is 5.31. The first-order valence-corrected chi connectivity index (χ1v) is 11.5. The monoisotopic (exact) mass is 414 g/mol. The maximum Gasteiger partial charge on any atom is 0.240 e. The van der Waals surface area contributed by atoms with E-state index in [1.807, 2.05) is 26.0 Å². The van der Waals surface area contributed by atoms with E-state index in [2.05, 4.69) is 10.8 Å². The summed E-state index contributed by atoms with van der Waals surface area (Å²) < 4.78 is 33.5. The summed E-state index contributed by atoms with van der Waals surface area (Å²) in [5.74, 6) is 1.06. The van der Waals surface area contributed by atoms with E-state index < -0.39 is 10.0 Å². The molecule has 0 atom stereocenters. The lowest BCUT2D eigenvalue weighted by Crippen LogP contribution is -2.30. The van der Waals surface area contributed by atoms with Gasteiger partial charge in [-0.2, -0.15) is 0 Å². The number of sulfonamides is 1. The van der Waals surface area contributed by atoms with Gasteiger partial charge in [-0.25, -0.2) is 13.1 Å². The molecule has 6 nitrogen and oxygen atoms in total. The fraction of sp³-hybridized carbons (Fsp3) is 0.409. The average molecular weight is 415 g/mol. The second-order valence-electron chi connectivity index (χ2n) is 7.87. The van der Waals surface area contributed by atoms with Crippen molar-refractivity contribution in [3.63, 3.8) is 0 Å². The Hall–Kier alpha value is -2.38. The van der Waals surface area contributed by atoms with Crippen LogP contribution < -0.4 is 14.4 Å². The van der Waals surface area contributed by atoms with E-state index in [0.29, 0.717) is 13.0 Å². The molecule has 1 aliphatic heterocycles. The molecule has 0 aromatic heterocycles. The van der Waals surface area contributed by atoms with Crippen LogP contribution in [0.4, 0.5) is 5.69 Å². The molecule has 1 amide bonds. The minimum absolute atomic E-state index is 0.156. The van der Waals surface area contributed by atoms with Gasteiger partial charge < -0.3 is 9.64 Å². The predicted octanol–water partition coefficient (Wildman–Crippen LogP) is 2.96. The van der Waals surface area contributed by atoms with Gasteiger partial charge in [-0.15, -0.1) is 0 Å². The standard InChI is InChI=1S/C22H26N2O4S/c1-15-11-16(2)13-19(12-15)28-10-8-23-29(26,27)20-5-6-21-18(14-20)7-9-24(21)22(25)17-3-4-17/h5-6,11-14,17,23H,3-4,7-10H2,1-2H3. The lowest BCUT2D eigenvalue weighted by molar-refractivity contribution is -0.119. The van der Waals surface area contributed by atoms with Crippen molar-refractivity contribution in [2.45, 2.75) is 38.0 Å². The molecule has 0 radical (unpaired) electrons. The van der Waals surface area contributed by atoms with Crippen LogP contribution in [0.15, 0.2) is 41.3 Å². The number of ether oxygens (including phenoxy) is 1. The molecule has 4 rings (SSSR count). The molecular formula is C22H26N2O4S. The molecule has 29 heavy (non-hydrogen) atoms. The molecule has 1 fully saturated rings. The van der Waals surface area contributed by atoms with E-state index >= 15 is 0 Å². The number of rotatable bonds is 7. The van der Waals surface area contributed by atoms with Crippen LogP contribution in [-0.2, 0) is 21.2 Å². The van der Waals surface area contributed by atoms with E-state index in [0.717, 1.165) is 41.0 Å². The fourth-order valence-electron chi connectivity index (χ4n) is 3.77. The van der Waals surface area contributed by atoms with Gasteiger partial charge >= 0.3 is 0 Å². The summed E-state index contributed by atoms with van der Waals surface area (Å²) in [5.41, 5.74) is 3.97. The van der Waals surface area contributed by atoms with Gasteiger partial charge in [0.05, 0.1) is 4.90 Å². The number of carbonyl (C=O) groups excluding carboxylic acids is 1. The molecule has 0 spiro atoms. The van der Waals surface area contributed by atoms with Crippen LogP contribution in [0.2, 0.25) is 0 Å². The molecule has 0 unspecified atom stereocenters. The van der Waals surface area contributed by atoms with Crippen molar-refractivity contribution in [1.82, 2.24) is 4.72 Å². The highest BCUT2D eigenvalue weighted by atomic mass is 32.2. The van der Waals surface area contributed by atoms with Gasteiger partial charge in [-0.05, 0) is 80.1 Å². The molecule has 1 heterocycles. The highest BCUT2D eigenvalue weighted by Crippen LogP contribution is 2.37. The second kappa shape index (κ2) is 7.80. The summed E-state index contributed by atoms with van der Waals surface area (Å²) in [6.45, 7) is 5.05. The van der Waals surface area contributed by atoms with Gasteiger partial charge in [0, 0.05) is 24.7 Å². The molecule has 7 heteroatoms. The number of carbonyl (C=O) groups is 1. The molecule has 1 saturated carbocycles. The number of nitrogens with one attached hydrogen (secondary N) is 1. The topological polar surface area (TPSA) is 75.7 Å². The maximum atomic E-state index is 12.6. The number of benzene rings is 2. The van der Waals surface area contributed by atoms with Crippen LogP contribution in [0.1, 0.15) is 29.5 Å². The van der Waals surface area contributed by atoms with E-state index in [4.69, 9.17) is 4.74 Å². The van der Waals surface area contributed by atoms with Crippen molar-refractivity contribution in [2.24, 2.45) is 5.92 Å². The highest BCUT2D eigenvalue weighted by Gasteiger charge is 2.36. The summed E-state index contributed by atoms with van der Waals surface area (Å²) >= 11 is 0. The van der Waals surface area contributed by atoms with Gasteiger partial charge in [-0.1, -0.05) is 6.07 Å². The van der Waals surface area contributed by atoms with Crippen LogP contribution in [0.5, 0.6) is 5.75 Å². The number of hydrogen-bond donors (Lipinski definition) is 1. The predicted molar refractivity (Wildman–Crippen MR) is 112 cm³/mol. The Labute approximate surface area is 171 Å². The van der Waals surface area contributed by atoms with E-state index in [1.165, 1.54) is 0 Å². The van der Waals surface area contributed by atoms with Gasteiger partial charge in [0.15, 0.2) is 0 Å². The van der Waals surface area contributed by atoms with Crippen LogP contribution in [-0.4, -0.2) is 34.0 Å². The fourth-order valence-corrected chi connectivity index (χ4v) is 4.83. The number of anilines is 1. The first-order chi connectivity index (χ1) is 13.8. The van der Waals surface area contributed by atoms with Crippen molar-refractivity contribution in [1.29, 1.82) is 0 Å². The zero-order chi connectivity index (χ0) is 20.6. The van der Waals surface area contributed by atoms with Gasteiger partial charge in [0.2, 0.25) is 15.9 Å². The Morgan fingerprint density at radius 1 is 1.14 bits per heavy atom. The zero-order valence-corrected chi connectivity index (χ0v) is 17.6. The number of nitrogens with zero attached hydrogens (tertiary/aromatic N) is 1. The summed E-state index contributed by atoms with van der Waals surface area (Å²) in [4.78, 5) is 14.4. The third-order valence-corrected chi connectivity index (χ3v) is 6.77. The molecule has 1 N–H and O–H groups in total. The van der Waals surface area contributed by atoms with Crippen molar-refractivity contribution >= 4 is 21.6 Å². The molecule has 0 bridgehead atoms. The lowest BCUT2D eigenvalue weighted by atomic mass is 10.1.